The zero-order valence-electron chi connectivity index (χ0n) is 9.50. The predicted molar refractivity (Wildman–Crippen MR) is 73.5 cm³/mol. The number of thiazole rings is 1. The molecule has 0 bridgehead atoms. The first kappa shape index (κ1) is 11.3. The Bertz CT molecular complexity index is 548. The number of hydrogen-bond donors (Lipinski definition) is 1. The minimum atomic E-state index is -0.225. The predicted octanol–water partition coefficient (Wildman–Crippen LogP) is 3.74. The van der Waals surface area contributed by atoms with E-state index in [1.54, 1.807) is 17.4 Å². The van der Waals surface area contributed by atoms with Crippen LogP contribution in [-0.2, 0) is 0 Å². The number of thioether (sulfide) groups is 1. The van der Waals surface area contributed by atoms with Gasteiger partial charge in [0.05, 0.1) is 10.2 Å². The number of aromatic nitrogens is 1. The summed E-state index contributed by atoms with van der Waals surface area (Å²) in [5, 5.41) is 4.27. The van der Waals surface area contributed by atoms with Crippen LogP contribution in [-0.4, -0.2) is 22.5 Å². The number of nitrogens with one attached hydrogen (secondary N) is 1. The molecule has 90 valence electrons. The molecule has 1 N–H and O–H groups in total. The molecule has 0 aliphatic heterocycles. The Morgan fingerprint density at radius 1 is 1.53 bits per heavy atom. The zero-order chi connectivity index (χ0) is 11.9. The van der Waals surface area contributed by atoms with Crippen LogP contribution in [0, 0.1) is 5.82 Å². The zero-order valence-corrected chi connectivity index (χ0v) is 11.1. The highest BCUT2D eigenvalue weighted by molar-refractivity contribution is 8.00. The molecule has 2 aromatic rings. The Hall–Kier alpha value is -0.810. The van der Waals surface area contributed by atoms with E-state index in [1.807, 2.05) is 11.8 Å². The van der Waals surface area contributed by atoms with Gasteiger partial charge in [0.1, 0.15) is 5.82 Å². The van der Waals surface area contributed by atoms with Crippen molar-refractivity contribution < 1.29 is 4.39 Å². The summed E-state index contributed by atoms with van der Waals surface area (Å²) in [6, 6.07) is 4.75. The molecule has 1 aliphatic carbocycles. The summed E-state index contributed by atoms with van der Waals surface area (Å²) in [5.74, 6) is -0.225. The van der Waals surface area contributed by atoms with Crippen LogP contribution in [0.2, 0.25) is 0 Å². The summed E-state index contributed by atoms with van der Waals surface area (Å²) in [4.78, 5) is 4.40. The van der Waals surface area contributed by atoms with Crippen molar-refractivity contribution in [2.75, 3.05) is 18.1 Å². The molecule has 1 heterocycles. The molecular weight excluding hydrogens is 255 g/mol. The molecule has 0 atom stereocenters. The quantitative estimate of drug-likeness (QED) is 0.914. The highest BCUT2D eigenvalue weighted by atomic mass is 32.2. The lowest BCUT2D eigenvalue weighted by atomic mass is 10.3. The molecule has 0 amide bonds. The van der Waals surface area contributed by atoms with Gasteiger partial charge in [-0.05, 0) is 31.2 Å². The Morgan fingerprint density at radius 2 is 2.35 bits per heavy atom. The van der Waals surface area contributed by atoms with Gasteiger partial charge >= 0.3 is 0 Å². The highest BCUT2D eigenvalue weighted by Gasteiger charge is 2.41. The van der Waals surface area contributed by atoms with Crippen LogP contribution in [0.4, 0.5) is 9.52 Å². The first-order valence-electron chi connectivity index (χ1n) is 5.56. The van der Waals surface area contributed by atoms with E-state index >= 15 is 0 Å². The van der Waals surface area contributed by atoms with Gasteiger partial charge in [-0.1, -0.05) is 11.3 Å². The SMILES string of the molecule is CSC1(CNc2nc3cc(F)ccc3s2)CC1. The van der Waals surface area contributed by atoms with E-state index in [1.165, 1.54) is 25.0 Å². The lowest BCUT2D eigenvalue weighted by Gasteiger charge is -2.11. The largest absolute Gasteiger partial charge is 0.360 e. The van der Waals surface area contributed by atoms with Crippen LogP contribution >= 0.6 is 23.1 Å². The molecule has 0 radical (unpaired) electrons. The van der Waals surface area contributed by atoms with Gasteiger partial charge in [-0.3, -0.25) is 0 Å². The van der Waals surface area contributed by atoms with Gasteiger partial charge in [0, 0.05) is 17.4 Å². The van der Waals surface area contributed by atoms with E-state index in [0.29, 0.717) is 4.75 Å². The second-order valence-corrected chi connectivity index (χ2v) is 6.68. The van der Waals surface area contributed by atoms with Gasteiger partial charge in [0.25, 0.3) is 0 Å². The van der Waals surface area contributed by atoms with E-state index in [4.69, 9.17) is 0 Å². The third-order valence-electron chi connectivity index (χ3n) is 3.15. The third kappa shape index (κ3) is 2.26. The number of fused-ring (bicyclic) bond motifs is 1. The number of rotatable bonds is 4. The van der Waals surface area contributed by atoms with E-state index in [-0.39, 0.29) is 5.82 Å². The number of anilines is 1. The maximum atomic E-state index is 13.0. The van der Waals surface area contributed by atoms with E-state index in [9.17, 15) is 4.39 Å². The van der Waals surface area contributed by atoms with Crippen molar-refractivity contribution >= 4 is 38.4 Å². The molecule has 3 rings (SSSR count). The van der Waals surface area contributed by atoms with Gasteiger partial charge in [0.15, 0.2) is 5.13 Å². The van der Waals surface area contributed by atoms with Gasteiger partial charge in [-0.2, -0.15) is 11.8 Å². The fraction of sp³-hybridized carbons (Fsp3) is 0.417. The molecule has 1 aromatic heterocycles. The number of nitrogens with zero attached hydrogens (tertiary/aromatic N) is 1. The van der Waals surface area contributed by atoms with Gasteiger partial charge < -0.3 is 5.32 Å². The van der Waals surface area contributed by atoms with Gasteiger partial charge in [0.2, 0.25) is 0 Å². The Morgan fingerprint density at radius 3 is 3.06 bits per heavy atom. The fourth-order valence-electron chi connectivity index (χ4n) is 1.81. The number of benzene rings is 1. The molecule has 2 nitrogen and oxygen atoms in total. The smallest absolute Gasteiger partial charge is 0.183 e. The Labute approximate surface area is 108 Å². The molecule has 1 fully saturated rings. The Balaban J connectivity index is 1.77. The maximum absolute atomic E-state index is 13.0. The molecule has 0 spiro atoms. The minimum absolute atomic E-state index is 0.225. The molecule has 1 aliphatic rings. The second kappa shape index (κ2) is 4.14. The van der Waals surface area contributed by atoms with Crippen LogP contribution in [0.3, 0.4) is 0 Å². The van der Waals surface area contributed by atoms with Crippen LogP contribution in [0.25, 0.3) is 10.2 Å². The first-order valence-corrected chi connectivity index (χ1v) is 7.60. The van der Waals surface area contributed by atoms with E-state index < -0.39 is 0 Å². The summed E-state index contributed by atoms with van der Waals surface area (Å²) in [6.07, 6.45) is 4.71. The normalized spacial score (nSPS) is 17.3. The van der Waals surface area contributed by atoms with Crippen molar-refractivity contribution in [1.82, 2.24) is 4.98 Å². The van der Waals surface area contributed by atoms with Gasteiger partial charge in [-0.15, -0.1) is 0 Å². The molecular formula is C12H13FN2S2. The van der Waals surface area contributed by atoms with Crippen LogP contribution in [0.1, 0.15) is 12.8 Å². The van der Waals surface area contributed by atoms with Crippen molar-refractivity contribution in [1.29, 1.82) is 0 Å². The second-order valence-electron chi connectivity index (χ2n) is 4.37. The highest BCUT2D eigenvalue weighted by Crippen LogP contribution is 2.47. The summed E-state index contributed by atoms with van der Waals surface area (Å²) < 4.78 is 14.5. The van der Waals surface area contributed by atoms with Crippen LogP contribution < -0.4 is 5.32 Å². The fourth-order valence-corrected chi connectivity index (χ4v) is 3.37. The van der Waals surface area contributed by atoms with Crippen molar-refractivity contribution in [3.8, 4) is 0 Å². The topological polar surface area (TPSA) is 24.9 Å². The van der Waals surface area contributed by atoms with Crippen LogP contribution in [0.15, 0.2) is 18.2 Å². The summed E-state index contributed by atoms with van der Waals surface area (Å²) in [5.41, 5.74) is 0.742. The van der Waals surface area contributed by atoms with Crippen molar-refractivity contribution in [3.05, 3.63) is 24.0 Å². The molecule has 5 heteroatoms. The average molecular weight is 268 g/mol. The van der Waals surface area contributed by atoms with Crippen LogP contribution in [0.5, 0.6) is 0 Å². The number of halogens is 1. The minimum Gasteiger partial charge on any atom is -0.360 e. The van der Waals surface area contributed by atoms with Gasteiger partial charge in [-0.25, -0.2) is 9.37 Å². The lowest BCUT2D eigenvalue weighted by Crippen LogP contribution is -2.17. The summed E-state index contributed by atoms with van der Waals surface area (Å²) >= 11 is 3.51. The monoisotopic (exact) mass is 268 g/mol. The molecule has 0 saturated heterocycles. The molecule has 1 saturated carbocycles. The summed E-state index contributed by atoms with van der Waals surface area (Å²) in [7, 11) is 0. The van der Waals surface area contributed by atoms with E-state index in [0.717, 1.165) is 21.9 Å². The average Bonchev–Trinajstić information content (AvgIpc) is 3.00. The summed E-state index contributed by atoms with van der Waals surface area (Å²) in [6.45, 7) is 0.955. The third-order valence-corrected chi connectivity index (χ3v) is 5.56. The molecule has 0 unspecified atom stereocenters. The standard InChI is InChI=1S/C12H13FN2S2/c1-16-12(4-5-12)7-14-11-15-9-6-8(13)2-3-10(9)17-11/h2-3,6H,4-5,7H2,1H3,(H,14,15). The van der Waals surface area contributed by atoms with Crippen molar-refractivity contribution in [2.24, 2.45) is 0 Å². The molecule has 1 aromatic carbocycles. The van der Waals surface area contributed by atoms with E-state index in [2.05, 4.69) is 16.6 Å². The maximum Gasteiger partial charge on any atom is 0.183 e. The van der Waals surface area contributed by atoms with Crippen molar-refractivity contribution in [3.63, 3.8) is 0 Å². The lowest BCUT2D eigenvalue weighted by molar-refractivity contribution is 0.629. The first-order chi connectivity index (χ1) is 8.21. The van der Waals surface area contributed by atoms with Crippen molar-refractivity contribution in [2.45, 2.75) is 17.6 Å². The number of hydrogen-bond acceptors (Lipinski definition) is 4. The Kier molecular flexibility index (Phi) is 2.75. The molecule has 17 heavy (non-hydrogen) atoms.